The molecule has 0 saturated carbocycles. The van der Waals surface area contributed by atoms with Crippen LogP contribution >= 0.6 is 11.3 Å². The van der Waals surface area contributed by atoms with Gasteiger partial charge in [0.05, 0.1) is 17.2 Å². The Balaban J connectivity index is 2.32. The highest BCUT2D eigenvalue weighted by atomic mass is 32.1. The van der Waals surface area contributed by atoms with Crippen LogP contribution in [-0.2, 0) is 17.3 Å². The summed E-state index contributed by atoms with van der Waals surface area (Å²) in [5, 5.41) is 0.634. The third-order valence-electron chi connectivity index (χ3n) is 2.78. The van der Waals surface area contributed by atoms with E-state index in [1.54, 1.807) is 6.92 Å². The number of nitrogens with zero attached hydrogens (tertiary/aromatic N) is 1. The average molecular weight is 345 g/mol. The van der Waals surface area contributed by atoms with Gasteiger partial charge in [0.25, 0.3) is 0 Å². The quantitative estimate of drug-likeness (QED) is 0.738. The minimum absolute atomic E-state index is 0.0374. The lowest BCUT2D eigenvalue weighted by atomic mass is 10.2. The summed E-state index contributed by atoms with van der Waals surface area (Å²) in [6.07, 6.45) is -3.90. The van der Waals surface area contributed by atoms with Crippen LogP contribution < -0.4 is 4.74 Å². The smallest absolute Gasteiger partial charge is 0.416 e. The first-order valence-corrected chi connectivity index (χ1v) is 7.68. The number of alkyl halides is 3. The van der Waals surface area contributed by atoms with E-state index in [2.05, 4.69) is 4.98 Å². The highest BCUT2D eigenvalue weighted by Crippen LogP contribution is 2.34. The van der Waals surface area contributed by atoms with Crippen molar-refractivity contribution < 1.29 is 27.4 Å². The fraction of sp³-hybridized carbons (Fsp3) is 0.333. The molecule has 0 atom stereocenters. The second-order valence-electron chi connectivity index (χ2n) is 4.44. The van der Waals surface area contributed by atoms with Crippen molar-refractivity contribution in [2.45, 2.75) is 26.4 Å². The molecule has 124 valence electrons. The van der Waals surface area contributed by atoms with Crippen molar-refractivity contribution in [3.63, 3.8) is 0 Å². The molecule has 2 aromatic rings. The summed E-state index contributed by atoms with van der Waals surface area (Å²) in [5.74, 6) is -0.686. The van der Waals surface area contributed by atoms with Gasteiger partial charge in [-0.05, 0) is 31.5 Å². The van der Waals surface area contributed by atoms with Crippen LogP contribution in [0.5, 0.6) is 11.6 Å². The maximum Gasteiger partial charge on any atom is 0.416 e. The first-order valence-electron chi connectivity index (χ1n) is 6.87. The van der Waals surface area contributed by atoms with Gasteiger partial charge in [-0.2, -0.15) is 13.2 Å². The second kappa shape index (κ2) is 6.99. The largest absolute Gasteiger partial charge is 0.462 e. The van der Waals surface area contributed by atoms with Gasteiger partial charge in [-0.1, -0.05) is 13.0 Å². The maximum atomic E-state index is 12.7. The first kappa shape index (κ1) is 17.3. The molecule has 4 nitrogen and oxygen atoms in total. The average Bonchev–Trinajstić information content (AvgIpc) is 2.90. The van der Waals surface area contributed by atoms with Gasteiger partial charge in [-0.3, -0.25) is 0 Å². The number of hydrogen-bond acceptors (Lipinski definition) is 5. The van der Waals surface area contributed by atoms with Gasteiger partial charge in [0.15, 0.2) is 4.88 Å². The molecule has 0 fully saturated rings. The van der Waals surface area contributed by atoms with Crippen molar-refractivity contribution in [2.24, 2.45) is 0 Å². The minimum atomic E-state index is -4.47. The summed E-state index contributed by atoms with van der Waals surface area (Å²) in [7, 11) is 0. The van der Waals surface area contributed by atoms with E-state index in [0.717, 1.165) is 23.5 Å². The molecule has 0 radical (unpaired) electrons. The molecule has 0 aliphatic carbocycles. The summed E-state index contributed by atoms with van der Waals surface area (Å²) in [6, 6.07) is 4.40. The van der Waals surface area contributed by atoms with Crippen molar-refractivity contribution in [3.8, 4) is 11.6 Å². The maximum absolute atomic E-state index is 12.7. The third-order valence-corrected chi connectivity index (χ3v) is 3.94. The summed E-state index contributed by atoms with van der Waals surface area (Å²) >= 11 is 1.10. The van der Waals surface area contributed by atoms with Crippen LogP contribution in [-0.4, -0.2) is 17.6 Å². The Morgan fingerprint density at radius 1 is 1.30 bits per heavy atom. The molecule has 0 aliphatic heterocycles. The molecule has 0 bridgehead atoms. The molecule has 0 aliphatic rings. The molecule has 1 heterocycles. The Labute approximate surface area is 134 Å². The standard InChI is InChI=1S/C15H14F3NO3S/c1-3-11-19-13(12(23-11)14(20)21-4-2)22-10-7-5-6-9(8-10)15(16,17)18/h5-8H,3-4H2,1-2H3. The number of hydrogen-bond donors (Lipinski definition) is 0. The van der Waals surface area contributed by atoms with E-state index in [1.165, 1.54) is 12.1 Å². The number of aryl methyl sites for hydroxylation is 1. The highest BCUT2D eigenvalue weighted by molar-refractivity contribution is 7.13. The topological polar surface area (TPSA) is 48.4 Å². The van der Waals surface area contributed by atoms with Crippen molar-refractivity contribution in [1.29, 1.82) is 0 Å². The lowest BCUT2D eigenvalue weighted by Crippen LogP contribution is -2.06. The Hall–Kier alpha value is -2.09. The second-order valence-corrected chi connectivity index (χ2v) is 5.53. The number of thiazole rings is 1. The molecule has 0 spiro atoms. The van der Waals surface area contributed by atoms with Crippen LogP contribution in [0.25, 0.3) is 0 Å². The molecule has 8 heteroatoms. The summed E-state index contributed by atoms with van der Waals surface area (Å²) in [4.78, 5) is 16.2. The number of carbonyl (C=O) groups excluding carboxylic acids is 1. The van der Waals surface area contributed by atoms with Gasteiger partial charge in [0.1, 0.15) is 5.75 Å². The molecular weight excluding hydrogens is 331 g/mol. The Kier molecular flexibility index (Phi) is 5.25. The number of benzene rings is 1. The van der Waals surface area contributed by atoms with Gasteiger partial charge in [0.2, 0.25) is 5.88 Å². The van der Waals surface area contributed by atoms with Gasteiger partial charge in [-0.25, -0.2) is 9.78 Å². The SMILES string of the molecule is CCOC(=O)c1sc(CC)nc1Oc1cccc(C(F)(F)F)c1. The third kappa shape index (κ3) is 4.22. The zero-order valence-electron chi connectivity index (χ0n) is 12.4. The Morgan fingerprint density at radius 2 is 2.04 bits per heavy atom. The van der Waals surface area contributed by atoms with E-state index in [0.29, 0.717) is 11.4 Å². The van der Waals surface area contributed by atoms with Crippen molar-refractivity contribution >= 4 is 17.3 Å². The molecule has 23 heavy (non-hydrogen) atoms. The molecule has 2 rings (SSSR count). The van der Waals surface area contributed by atoms with Gasteiger partial charge < -0.3 is 9.47 Å². The Bertz CT molecular complexity index is 698. The van der Waals surface area contributed by atoms with E-state index < -0.39 is 17.7 Å². The normalized spacial score (nSPS) is 11.3. The van der Waals surface area contributed by atoms with Crippen LogP contribution in [0.1, 0.15) is 34.1 Å². The summed E-state index contributed by atoms with van der Waals surface area (Å²) < 4.78 is 48.5. The lowest BCUT2D eigenvalue weighted by Gasteiger charge is -2.09. The minimum Gasteiger partial charge on any atom is -0.462 e. The first-order chi connectivity index (χ1) is 10.8. The molecule has 1 aromatic carbocycles. The zero-order valence-corrected chi connectivity index (χ0v) is 13.3. The van der Waals surface area contributed by atoms with Gasteiger partial charge in [0, 0.05) is 0 Å². The van der Waals surface area contributed by atoms with E-state index in [-0.39, 0.29) is 23.1 Å². The summed E-state index contributed by atoms with van der Waals surface area (Å²) in [5.41, 5.74) is -0.835. The number of rotatable bonds is 5. The van der Waals surface area contributed by atoms with E-state index in [1.807, 2.05) is 6.92 Å². The van der Waals surface area contributed by atoms with Crippen LogP contribution in [0, 0.1) is 0 Å². The van der Waals surface area contributed by atoms with Crippen LogP contribution in [0.2, 0.25) is 0 Å². The summed E-state index contributed by atoms with van der Waals surface area (Å²) in [6.45, 7) is 3.69. The number of esters is 1. The predicted octanol–water partition coefficient (Wildman–Crippen LogP) is 4.69. The molecule has 0 N–H and O–H groups in total. The molecule has 0 unspecified atom stereocenters. The fourth-order valence-corrected chi connectivity index (χ4v) is 2.57. The number of aromatic nitrogens is 1. The van der Waals surface area contributed by atoms with Crippen molar-refractivity contribution in [1.82, 2.24) is 4.98 Å². The zero-order chi connectivity index (χ0) is 17.0. The number of carbonyl (C=O) groups is 1. The van der Waals surface area contributed by atoms with Crippen molar-refractivity contribution in [3.05, 3.63) is 39.7 Å². The van der Waals surface area contributed by atoms with Crippen LogP contribution in [0.3, 0.4) is 0 Å². The molecule has 0 amide bonds. The Morgan fingerprint density at radius 3 is 2.65 bits per heavy atom. The van der Waals surface area contributed by atoms with E-state index >= 15 is 0 Å². The number of ether oxygens (including phenoxy) is 2. The molecule has 0 saturated heterocycles. The number of halogens is 3. The predicted molar refractivity (Wildman–Crippen MR) is 79.0 cm³/mol. The van der Waals surface area contributed by atoms with Crippen LogP contribution in [0.4, 0.5) is 13.2 Å². The molecule has 1 aromatic heterocycles. The van der Waals surface area contributed by atoms with Gasteiger partial charge >= 0.3 is 12.1 Å². The van der Waals surface area contributed by atoms with Crippen molar-refractivity contribution in [2.75, 3.05) is 6.61 Å². The fourth-order valence-electron chi connectivity index (χ4n) is 1.74. The molecular formula is C15H14F3NO3S. The lowest BCUT2D eigenvalue weighted by molar-refractivity contribution is -0.137. The highest BCUT2D eigenvalue weighted by Gasteiger charge is 2.31. The monoisotopic (exact) mass is 345 g/mol. The van der Waals surface area contributed by atoms with E-state index in [9.17, 15) is 18.0 Å². The van der Waals surface area contributed by atoms with Crippen LogP contribution in [0.15, 0.2) is 24.3 Å². The van der Waals surface area contributed by atoms with E-state index in [4.69, 9.17) is 9.47 Å². The van der Waals surface area contributed by atoms with Gasteiger partial charge in [-0.15, -0.1) is 11.3 Å².